The zero-order chi connectivity index (χ0) is 13.8. The lowest BCUT2D eigenvalue weighted by atomic mass is 10.2. The third-order valence-electron chi connectivity index (χ3n) is 3.18. The Morgan fingerprint density at radius 3 is 2.89 bits per heavy atom. The maximum Gasteiger partial charge on any atom is 0.305 e. The Morgan fingerprint density at radius 2 is 2.26 bits per heavy atom. The molecule has 0 N–H and O–H groups in total. The van der Waals surface area contributed by atoms with E-state index >= 15 is 0 Å². The van der Waals surface area contributed by atoms with Crippen LogP contribution in [0.1, 0.15) is 47.8 Å². The van der Waals surface area contributed by atoms with Crippen molar-refractivity contribution in [1.29, 1.82) is 0 Å². The standard InChI is InChI=1S/C13H18N2O4/c1-15(7-3-4-12(16)18-2)13(17)10-8-11(19-14-10)9-5-6-9/h8-9H,3-7H2,1-2H3. The lowest BCUT2D eigenvalue weighted by Gasteiger charge is -2.14. The van der Waals surface area contributed by atoms with Gasteiger partial charge in [-0.2, -0.15) is 0 Å². The average Bonchev–Trinajstić information content (AvgIpc) is 3.15. The Morgan fingerprint density at radius 1 is 1.53 bits per heavy atom. The number of esters is 1. The number of carbonyl (C=O) groups excluding carboxylic acids is 2. The fraction of sp³-hybridized carbons (Fsp3) is 0.615. The van der Waals surface area contributed by atoms with Gasteiger partial charge in [-0.15, -0.1) is 0 Å². The van der Waals surface area contributed by atoms with Gasteiger partial charge in [0.1, 0.15) is 5.76 Å². The molecule has 6 heteroatoms. The number of nitrogens with zero attached hydrogens (tertiary/aromatic N) is 2. The van der Waals surface area contributed by atoms with Gasteiger partial charge in [-0.05, 0) is 19.3 Å². The monoisotopic (exact) mass is 266 g/mol. The molecule has 1 amide bonds. The van der Waals surface area contributed by atoms with Gasteiger partial charge in [-0.1, -0.05) is 5.16 Å². The maximum absolute atomic E-state index is 12.0. The first kappa shape index (κ1) is 13.6. The van der Waals surface area contributed by atoms with E-state index in [-0.39, 0.29) is 11.9 Å². The van der Waals surface area contributed by atoms with Crippen LogP contribution < -0.4 is 0 Å². The lowest BCUT2D eigenvalue weighted by molar-refractivity contribution is -0.140. The largest absolute Gasteiger partial charge is 0.469 e. The predicted molar refractivity (Wildman–Crippen MR) is 66.7 cm³/mol. The van der Waals surface area contributed by atoms with E-state index < -0.39 is 0 Å². The summed E-state index contributed by atoms with van der Waals surface area (Å²) in [5.74, 6) is 0.795. The van der Waals surface area contributed by atoms with E-state index in [2.05, 4.69) is 9.89 Å². The first-order valence-corrected chi connectivity index (χ1v) is 6.40. The topological polar surface area (TPSA) is 72.6 Å². The maximum atomic E-state index is 12.0. The van der Waals surface area contributed by atoms with Crippen LogP contribution in [0.5, 0.6) is 0 Å². The molecule has 0 saturated heterocycles. The fourth-order valence-electron chi connectivity index (χ4n) is 1.81. The highest BCUT2D eigenvalue weighted by atomic mass is 16.5. The zero-order valence-electron chi connectivity index (χ0n) is 11.2. The normalized spacial score (nSPS) is 14.2. The van der Waals surface area contributed by atoms with Crippen LogP contribution in [0.15, 0.2) is 10.6 Å². The molecule has 0 aromatic carbocycles. The van der Waals surface area contributed by atoms with Crippen LogP contribution in [0, 0.1) is 0 Å². The minimum absolute atomic E-state index is 0.180. The number of carbonyl (C=O) groups is 2. The summed E-state index contributed by atoms with van der Waals surface area (Å²) in [7, 11) is 3.04. The van der Waals surface area contributed by atoms with Gasteiger partial charge in [0.05, 0.1) is 7.11 Å². The van der Waals surface area contributed by atoms with Crippen molar-refractivity contribution in [1.82, 2.24) is 10.1 Å². The second-order valence-electron chi connectivity index (χ2n) is 4.80. The molecular formula is C13H18N2O4. The van der Waals surface area contributed by atoms with Gasteiger partial charge in [0.15, 0.2) is 5.69 Å². The van der Waals surface area contributed by atoms with Crippen molar-refractivity contribution < 1.29 is 18.8 Å². The molecule has 1 aliphatic carbocycles. The number of ether oxygens (including phenoxy) is 1. The Hall–Kier alpha value is -1.85. The summed E-state index contributed by atoms with van der Waals surface area (Å²) < 4.78 is 9.69. The summed E-state index contributed by atoms with van der Waals surface area (Å²) in [6.45, 7) is 0.486. The van der Waals surface area contributed by atoms with Gasteiger partial charge in [-0.25, -0.2) is 0 Å². The second-order valence-corrected chi connectivity index (χ2v) is 4.80. The molecule has 0 spiro atoms. The van der Waals surface area contributed by atoms with Crippen molar-refractivity contribution in [2.24, 2.45) is 0 Å². The third-order valence-corrected chi connectivity index (χ3v) is 3.18. The highest BCUT2D eigenvalue weighted by molar-refractivity contribution is 5.92. The van der Waals surface area contributed by atoms with Crippen LogP contribution in [0.25, 0.3) is 0 Å². The SMILES string of the molecule is COC(=O)CCCN(C)C(=O)c1cc(C2CC2)on1. The summed E-state index contributed by atoms with van der Waals surface area (Å²) in [5.41, 5.74) is 0.336. The molecule has 6 nitrogen and oxygen atoms in total. The molecule has 1 fully saturated rings. The Kier molecular flexibility index (Phi) is 4.19. The van der Waals surface area contributed by atoms with Crippen LogP contribution in [0.4, 0.5) is 0 Å². The van der Waals surface area contributed by atoms with Gasteiger partial charge in [-0.3, -0.25) is 9.59 Å². The van der Waals surface area contributed by atoms with Crippen LogP contribution >= 0.6 is 0 Å². The van der Waals surface area contributed by atoms with Crippen molar-refractivity contribution in [3.05, 3.63) is 17.5 Å². The van der Waals surface area contributed by atoms with Crippen molar-refractivity contribution in [3.63, 3.8) is 0 Å². The van der Waals surface area contributed by atoms with E-state index in [0.29, 0.717) is 31.0 Å². The summed E-state index contributed by atoms with van der Waals surface area (Å²) in [6, 6.07) is 1.72. The molecule has 1 aliphatic rings. The molecule has 1 aromatic heterocycles. The van der Waals surface area contributed by atoms with Crippen LogP contribution in [-0.4, -0.2) is 42.6 Å². The number of amides is 1. The molecule has 2 rings (SSSR count). The van der Waals surface area contributed by atoms with Gasteiger partial charge < -0.3 is 14.2 Å². The molecule has 0 aliphatic heterocycles. The first-order valence-electron chi connectivity index (χ1n) is 6.40. The van der Waals surface area contributed by atoms with Gasteiger partial charge >= 0.3 is 5.97 Å². The molecule has 19 heavy (non-hydrogen) atoms. The van der Waals surface area contributed by atoms with E-state index in [4.69, 9.17) is 4.52 Å². The smallest absolute Gasteiger partial charge is 0.305 e. The van der Waals surface area contributed by atoms with E-state index in [1.165, 1.54) is 12.0 Å². The van der Waals surface area contributed by atoms with E-state index in [9.17, 15) is 9.59 Å². The van der Waals surface area contributed by atoms with Crippen LogP contribution in [0.3, 0.4) is 0 Å². The fourth-order valence-corrected chi connectivity index (χ4v) is 1.81. The Balaban J connectivity index is 1.82. The van der Waals surface area contributed by atoms with E-state index in [1.807, 2.05) is 0 Å². The minimum atomic E-state index is -0.265. The average molecular weight is 266 g/mol. The number of methoxy groups -OCH3 is 1. The third kappa shape index (κ3) is 3.56. The van der Waals surface area contributed by atoms with Gasteiger partial charge in [0, 0.05) is 32.0 Å². The van der Waals surface area contributed by atoms with Gasteiger partial charge in [0.2, 0.25) is 0 Å². The second kappa shape index (κ2) is 5.86. The summed E-state index contributed by atoms with van der Waals surface area (Å²) >= 11 is 0. The van der Waals surface area contributed by atoms with E-state index in [0.717, 1.165) is 18.6 Å². The molecule has 1 aromatic rings. The molecule has 0 unspecified atom stereocenters. The van der Waals surface area contributed by atoms with Crippen molar-refractivity contribution in [3.8, 4) is 0 Å². The molecule has 0 radical (unpaired) electrons. The summed E-state index contributed by atoms with van der Waals surface area (Å²) in [6.07, 6.45) is 3.10. The molecular weight excluding hydrogens is 248 g/mol. The predicted octanol–water partition coefficient (Wildman–Crippen LogP) is 1.58. The van der Waals surface area contributed by atoms with Crippen molar-refractivity contribution in [2.45, 2.75) is 31.6 Å². The van der Waals surface area contributed by atoms with E-state index in [1.54, 1.807) is 13.1 Å². The van der Waals surface area contributed by atoms with Crippen molar-refractivity contribution in [2.75, 3.05) is 20.7 Å². The van der Waals surface area contributed by atoms with Crippen molar-refractivity contribution >= 4 is 11.9 Å². The molecule has 1 heterocycles. The summed E-state index contributed by atoms with van der Waals surface area (Å²) in [4.78, 5) is 24.5. The zero-order valence-corrected chi connectivity index (χ0v) is 11.2. The van der Waals surface area contributed by atoms with Gasteiger partial charge in [0.25, 0.3) is 5.91 Å². The van der Waals surface area contributed by atoms with Crippen LogP contribution in [-0.2, 0) is 9.53 Å². The first-order chi connectivity index (χ1) is 9.11. The lowest BCUT2D eigenvalue weighted by Crippen LogP contribution is -2.28. The molecule has 1 saturated carbocycles. The highest BCUT2D eigenvalue weighted by Crippen LogP contribution is 2.40. The molecule has 104 valence electrons. The molecule has 0 atom stereocenters. The van der Waals surface area contributed by atoms with Crippen LogP contribution in [0.2, 0.25) is 0 Å². The summed E-state index contributed by atoms with van der Waals surface area (Å²) in [5, 5.41) is 3.80. The number of aromatic nitrogens is 1. The number of hydrogen-bond acceptors (Lipinski definition) is 5. The Labute approximate surface area is 111 Å². The highest BCUT2D eigenvalue weighted by Gasteiger charge is 2.29. The number of hydrogen-bond donors (Lipinski definition) is 0. The molecule has 0 bridgehead atoms. The quantitative estimate of drug-likeness (QED) is 0.731. The number of rotatable bonds is 6. The minimum Gasteiger partial charge on any atom is -0.469 e. The Bertz CT molecular complexity index is 465.